The van der Waals surface area contributed by atoms with Gasteiger partial charge in [-0.05, 0) is 49.8 Å². The Balaban J connectivity index is 1.62. The lowest BCUT2D eigenvalue weighted by molar-refractivity contribution is -0.121. The molecule has 0 aliphatic carbocycles. The molecule has 144 valence electrons. The molecule has 1 aliphatic heterocycles. The first kappa shape index (κ1) is 20.9. The summed E-state index contributed by atoms with van der Waals surface area (Å²) in [6.07, 6.45) is 1.68. The van der Waals surface area contributed by atoms with Crippen LogP contribution in [0.1, 0.15) is 50.3 Å². The lowest BCUT2D eigenvalue weighted by Gasteiger charge is -2.10. The standard InChI is InChI=1S/C17H26N4O3S2/c1-13(2)26(23,24)19-10-4-3-5-17(22)18-11-14-6-8-15(9-7-14)16-12-25-21-20-16/h6-9,13,16,19H,3-5,10-12H2,1-2H3,(H,18,22). The largest absolute Gasteiger partial charge is 0.352 e. The van der Waals surface area contributed by atoms with Crippen LogP contribution in [-0.2, 0) is 21.4 Å². The van der Waals surface area contributed by atoms with Crippen molar-refractivity contribution in [1.29, 1.82) is 0 Å². The number of unbranched alkanes of at least 4 members (excludes halogenated alkanes) is 1. The van der Waals surface area contributed by atoms with Crippen molar-refractivity contribution in [2.24, 2.45) is 9.63 Å². The average molecular weight is 399 g/mol. The van der Waals surface area contributed by atoms with E-state index in [2.05, 4.69) is 19.7 Å². The van der Waals surface area contributed by atoms with E-state index in [1.54, 1.807) is 13.8 Å². The molecular formula is C17H26N4O3S2. The van der Waals surface area contributed by atoms with E-state index in [-0.39, 0.29) is 11.9 Å². The van der Waals surface area contributed by atoms with Crippen LogP contribution in [-0.4, -0.2) is 31.9 Å². The summed E-state index contributed by atoms with van der Waals surface area (Å²) in [6, 6.07) is 8.18. The monoisotopic (exact) mass is 398 g/mol. The van der Waals surface area contributed by atoms with Gasteiger partial charge < -0.3 is 5.32 Å². The van der Waals surface area contributed by atoms with Gasteiger partial charge in [-0.1, -0.05) is 24.3 Å². The summed E-state index contributed by atoms with van der Waals surface area (Å²) in [5.41, 5.74) is 2.17. The van der Waals surface area contributed by atoms with Gasteiger partial charge in [0.05, 0.1) is 5.25 Å². The van der Waals surface area contributed by atoms with Crippen LogP contribution in [0.5, 0.6) is 0 Å². The second kappa shape index (κ2) is 10.0. The zero-order valence-corrected chi connectivity index (χ0v) is 16.8. The molecule has 1 unspecified atom stereocenters. The first-order valence-corrected chi connectivity index (χ1v) is 11.2. The molecule has 0 bridgehead atoms. The van der Waals surface area contributed by atoms with Crippen molar-refractivity contribution in [2.75, 3.05) is 12.3 Å². The molecule has 26 heavy (non-hydrogen) atoms. The molecule has 7 nitrogen and oxygen atoms in total. The van der Waals surface area contributed by atoms with Crippen molar-refractivity contribution in [1.82, 2.24) is 10.0 Å². The molecule has 0 saturated carbocycles. The van der Waals surface area contributed by atoms with E-state index in [0.29, 0.717) is 32.4 Å². The third-order valence-corrected chi connectivity index (χ3v) is 6.61. The molecule has 0 aromatic heterocycles. The Hall–Kier alpha value is -1.45. The number of carbonyl (C=O) groups is 1. The maximum absolute atomic E-state index is 11.9. The second-order valence-electron chi connectivity index (χ2n) is 6.47. The summed E-state index contributed by atoms with van der Waals surface area (Å²) in [5, 5.41) is 6.61. The smallest absolute Gasteiger partial charge is 0.220 e. The Morgan fingerprint density at radius 3 is 2.62 bits per heavy atom. The predicted octanol–water partition coefficient (Wildman–Crippen LogP) is 2.96. The lowest BCUT2D eigenvalue weighted by atomic mass is 10.1. The highest BCUT2D eigenvalue weighted by molar-refractivity contribution is 7.98. The fourth-order valence-corrected chi connectivity index (χ4v) is 3.74. The average Bonchev–Trinajstić information content (AvgIpc) is 3.14. The predicted molar refractivity (Wildman–Crippen MR) is 104 cm³/mol. The molecule has 9 heteroatoms. The molecule has 0 spiro atoms. The number of amides is 1. The highest BCUT2D eigenvalue weighted by Gasteiger charge is 2.15. The highest BCUT2D eigenvalue weighted by Crippen LogP contribution is 2.30. The van der Waals surface area contributed by atoms with Crippen molar-refractivity contribution < 1.29 is 13.2 Å². The quantitative estimate of drug-likeness (QED) is 0.467. The number of benzene rings is 1. The van der Waals surface area contributed by atoms with Gasteiger partial charge in [0.1, 0.15) is 6.04 Å². The zero-order chi connectivity index (χ0) is 19.0. The van der Waals surface area contributed by atoms with Gasteiger partial charge >= 0.3 is 0 Å². The van der Waals surface area contributed by atoms with E-state index >= 15 is 0 Å². The Kier molecular flexibility index (Phi) is 8.05. The SMILES string of the molecule is CC(C)S(=O)(=O)NCCCCC(=O)NCc1ccc(C2CSN=N2)cc1. The van der Waals surface area contributed by atoms with E-state index in [1.165, 1.54) is 11.9 Å². The summed E-state index contributed by atoms with van der Waals surface area (Å²) < 4.78 is 29.7. The minimum Gasteiger partial charge on any atom is -0.352 e. The lowest BCUT2D eigenvalue weighted by Crippen LogP contribution is -2.31. The molecule has 2 rings (SSSR count). The van der Waals surface area contributed by atoms with Crippen LogP contribution in [0.2, 0.25) is 0 Å². The maximum atomic E-state index is 11.9. The summed E-state index contributed by atoms with van der Waals surface area (Å²) >= 11 is 1.47. The zero-order valence-electron chi connectivity index (χ0n) is 15.1. The van der Waals surface area contributed by atoms with Crippen LogP contribution < -0.4 is 10.0 Å². The van der Waals surface area contributed by atoms with Crippen molar-refractivity contribution in [2.45, 2.75) is 50.9 Å². The number of rotatable bonds is 10. The van der Waals surface area contributed by atoms with Crippen LogP contribution in [0.4, 0.5) is 0 Å². The molecule has 1 atom stereocenters. The number of carbonyl (C=O) groups excluding carboxylic acids is 1. The number of sulfonamides is 1. The summed E-state index contributed by atoms with van der Waals surface area (Å²) in [4.78, 5) is 11.9. The van der Waals surface area contributed by atoms with E-state index in [9.17, 15) is 13.2 Å². The summed E-state index contributed by atoms with van der Waals surface area (Å²) in [5.74, 6) is 0.852. The maximum Gasteiger partial charge on any atom is 0.220 e. The normalized spacial score (nSPS) is 17.0. The van der Waals surface area contributed by atoms with Crippen LogP contribution in [0.25, 0.3) is 0 Å². The van der Waals surface area contributed by atoms with E-state index < -0.39 is 15.3 Å². The fraction of sp³-hybridized carbons (Fsp3) is 0.588. The summed E-state index contributed by atoms with van der Waals surface area (Å²) in [6.45, 7) is 4.13. The molecule has 1 amide bonds. The molecule has 0 saturated heterocycles. The Labute approximate surface area is 159 Å². The summed E-state index contributed by atoms with van der Waals surface area (Å²) in [7, 11) is -3.22. The van der Waals surface area contributed by atoms with Gasteiger partial charge in [0.2, 0.25) is 15.9 Å². The molecule has 2 N–H and O–H groups in total. The van der Waals surface area contributed by atoms with E-state index in [0.717, 1.165) is 16.9 Å². The third-order valence-electron chi connectivity index (χ3n) is 4.09. The topological polar surface area (TPSA) is 100.0 Å². The van der Waals surface area contributed by atoms with Gasteiger partial charge in [0.25, 0.3) is 0 Å². The van der Waals surface area contributed by atoms with Crippen LogP contribution in [0.3, 0.4) is 0 Å². The Morgan fingerprint density at radius 2 is 2.00 bits per heavy atom. The third kappa shape index (κ3) is 6.69. The number of hydrogen-bond donors (Lipinski definition) is 2. The van der Waals surface area contributed by atoms with Crippen molar-refractivity contribution in [3.63, 3.8) is 0 Å². The molecular weight excluding hydrogens is 372 g/mol. The number of nitrogens with one attached hydrogen (secondary N) is 2. The number of hydrogen-bond acceptors (Lipinski definition) is 6. The van der Waals surface area contributed by atoms with E-state index in [1.807, 2.05) is 24.3 Å². The van der Waals surface area contributed by atoms with E-state index in [4.69, 9.17) is 0 Å². The first-order valence-electron chi connectivity index (χ1n) is 8.74. The van der Waals surface area contributed by atoms with Crippen LogP contribution in [0, 0.1) is 0 Å². The molecule has 0 fully saturated rings. The Morgan fingerprint density at radius 1 is 1.27 bits per heavy atom. The molecule has 1 aromatic carbocycles. The van der Waals surface area contributed by atoms with Gasteiger partial charge in [-0.15, -0.1) is 4.52 Å². The van der Waals surface area contributed by atoms with Gasteiger partial charge in [-0.3, -0.25) is 4.79 Å². The molecule has 0 radical (unpaired) electrons. The van der Waals surface area contributed by atoms with Crippen LogP contribution in [0.15, 0.2) is 33.9 Å². The van der Waals surface area contributed by atoms with Crippen LogP contribution >= 0.6 is 11.9 Å². The van der Waals surface area contributed by atoms with Crippen molar-refractivity contribution in [3.05, 3.63) is 35.4 Å². The van der Waals surface area contributed by atoms with Crippen molar-refractivity contribution in [3.8, 4) is 0 Å². The molecule has 1 aromatic rings. The first-order chi connectivity index (χ1) is 12.4. The van der Waals surface area contributed by atoms with Gasteiger partial charge in [0.15, 0.2) is 0 Å². The Bertz CT molecular complexity index is 718. The molecule has 1 aliphatic rings. The fourth-order valence-electron chi connectivity index (χ4n) is 2.33. The highest BCUT2D eigenvalue weighted by atomic mass is 32.2. The second-order valence-corrected chi connectivity index (χ2v) is 9.55. The van der Waals surface area contributed by atoms with Gasteiger partial charge in [0, 0.05) is 25.3 Å². The molecule has 1 heterocycles. The van der Waals surface area contributed by atoms with Gasteiger partial charge in [-0.25, -0.2) is 13.1 Å². The number of nitrogens with zero attached hydrogens (tertiary/aromatic N) is 2. The minimum absolute atomic E-state index is 0.0261. The van der Waals surface area contributed by atoms with Crippen molar-refractivity contribution >= 4 is 27.9 Å². The minimum atomic E-state index is -3.22. The van der Waals surface area contributed by atoms with Gasteiger partial charge in [-0.2, -0.15) is 5.11 Å².